The lowest BCUT2D eigenvalue weighted by Gasteiger charge is -2.20. The Hall–Kier alpha value is -1.61. The van der Waals surface area contributed by atoms with Gasteiger partial charge in [0.1, 0.15) is 0 Å². The van der Waals surface area contributed by atoms with Gasteiger partial charge >= 0.3 is 0 Å². The zero-order valence-electron chi connectivity index (χ0n) is 18.3. The first-order valence-corrected chi connectivity index (χ1v) is 10.1. The van der Waals surface area contributed by atoms with Crippen LogP contribution in [-0.2, 0) is 18.9 Å². The third-order valence-electron chi connectivity index (χ3n) is 4.62. The van der Waals surface area contributed by atoms with Crippen LogP contribution in [0, 0.1) is 0 Å². The Morgan fingerprint density at radius 2 is 1.90 bits per heavy atom. The molecule has 0 spiro atoms. The topological polar surface area (TPSA) is 74.5 Å². The highest BCUT2D eigenvalue weighted by Crippen LogP contribution is 2.24. The van der Waals surface area contributed by atoms with E-state index in [1.54, 1.807) is 0 Å². The van der Waals surface area contributed by atoms with Crippen LogP contribution in [0.5, 0.6) is 0 Å². The van der Waals surface area contributed by atoms with Crippen LogP contribution in [-0.4, -0.2) is 40.5 Å². The van der Waals surface area contributed by atoms with Gasteiger partial charge < -0.3 is 15.7 Å². The third kappa shape index (κ3) is 8.74. The van der Waals surface area contributed by atoms with Gasteiger partial charge in [0, 0.05) is 26.3 Å². The maximum absolute atomic E-state index is 10.5. The van der Waals surface area contributed by atoms with Gasteiger partial charge in [-0.05, 0) is 41.9 Å². The Morgan fingerprint density at radius 1 is 1.21 bits per heavy atom. The van der Waals surface area contributed by atoms with Gasteiger partial charge in [-0.15, -0.1) is 24.0 Å². The Morgan fingerprint density at radius 3 is 2.45 bits per heavy atom. The molecule has 7 heteroatoms. The van der Waals surface area contributed by atoms with Crippen LogP contribution in [0.15, 0.2) is 41.7 Å². The molecule has 6 nitrogen and oxygen atoms in total. The van der Waals surface area contributed by atoms with Crippen LogP contribution in [0.4, 0.5) is 0 Å². The molecular formula is C22H36IN5O. The summed E-state index contributed by atoms with van der Waals surface area (Å²) in [4.78, 5) is 4.54. The van der Waals surface area contributed by atoms with E-state index in [1.807, 2.05) is 43.2 Å². The van der Waals surface area contributed by atoms with E-state index in [4.69, 9.17) is 0 Å². The van der Waals surface area contributed by atoms with E-state index in [2.05, 4.69) is 53.6 Å². The quantitative estimate of drug-likeness (QED) is 0.219. The Labute approximate surface area is 192 Å². The lowest BCUT2D eigenvalue weighted by molar-refractivity contribution is 0.187. The van der Waals surface area contributed by atoms with E-state index in [1.165, 1.54) is 11.1 Å². The molecule has 0 saturated carbocycles. The minimum absolute atomic E-state index is 0. The molecule has 3 N–H and O–H groups in total. The molecule has 0 aliphatic carbocycles. The number of aromatic nitrogens is 2. The Balaban J connectivity index is 0.00000420. The number of aliphatic imine (C=N–C) groups is 1. The first-order chi connectivity index (χ1) is 13.3. The van der Waals surface area contributed by atoms with Crippen molar-refractivity contribution in [1.82, 2.24) is 20.4 Å². The second-order valence-corrected chi connectivity index (χ2v) is 8.16. The molecule has 1 aromatic heterocycles. The van der Waals surface area contributed by atoms with Gasteiger partial charge in [-0.3, -0.25) is 9.67 Å². The fraction of sp³-hybridized carbons (Fsp3) is 0.545. The van der Waals surface area contributed by atoms with Gasteiger partial charge in [0.25, 0.3) is 0 Å². The molecule has 2 rings (SSSR count). The molecule has 1 unspecified atom stereocenters. The Kier molecular flexibility index (Phi) is 10.7. The lowest BCUT2D eigenvalue weighted by atomic mass is 9.86. The molecule has 2 aromatic rings. The fourth-order valence-electron chi connectivity index (χ4n) is 2.93. The molecule has 1 atom stereocenters. The molecule has 0 amide bonds. The lowest BCUT2D eigenvalue weighted by Crippen LogP contribution is -2.38. The summed E-state index contributed by atoms with van der Waals surface area (Å²) < 4.78 is 1.82. The van der Waals surface area contributed by atoms with Crippen molar-refractivity contribution in [3.63, 3.8) is 0 Å². The predicted molar refractivity (Wildman–Crippen MR) is 131 cm³/mol. The molecule has 29 heavy (non-hydrogen) atoms. The predicted octanol–water partition coefficient (Wildman–Crippen LogP) is 3.56. The second kappa shape index (κ2) is 12.2. The molecule has 0 radical (unpaired) electrons. The normalized spacial score (nSPS) is 13.0. The number of hydrogen-bond donors (Lipinski definition) is 3. The van der Waals surface area contributed by atoms with Crippen LogP contribution in [0.2, 0.25) is 0 Å². The summed E-state index contributed by atoms with van der Waals surface area (Å²) in [6.45, 7) is 10.5. The van der Waals surface area contributed by atoms with Crippen molar-refractivity contribution >= 4 is 29.9 Å². The molecule has 0 aliphatic heterocycles. The number of guanidine groups is 1. The average molecular weight is 513 g/mol. The van der Waals surface area contributed by atoms with Gasteiger partial charge in [0.05, 0.1) is 18.8 Å². The van der Waals surface area contributed by atoms with Crippen LogP contribution in [0.25, 0.3) is 0 Å². The minimum atomic E-state index is -0.611. The average Bonchev–Trinajstić information content (AvgIpc) is 3.07. The van der Waals surface area contributed by atoms with E-state index >= 15 is 0 Å². The number of halogens is 1. The first-order valence-electron chi connectivity index (χ1n) is 10.1. The minimum Gasteiger partial charge on any atom is -0.386 e. The molecule has 0 fully saturated rings. The summed E-state index contributed by atoms with van der Waals surface area (Å²) >= 11 is 0. The molecule has 1 heterocycles. The smallest absolute Gasteiger partial charge is 0.191 e. The number of aliphatic hydroxyl groups is 1. The number of nitrogens with one attached hydrogen (secondary N) is 2. The van der Waals surface area contributed by atoms with Gasteiger partial charge in [-0.1, -0.05) is 45.0 Å². The number of benzene rings is 1. The number of aliphatic hydroxyl groups excluding tert-OH is 1. The zero-order chi connectivity index (χ0) is 20.6. The van der Waals surface area contributed by atoms with Gasteiger partial charge in [0.15, 0.2) is 5.96 Å². The molecule has 0 saturated heterocycles. The van der Waals surface area contributed by atoms with Gasteiger partial charge in [-0.2, -0.15) is 5.10 Å². The number of rotatable bonds is 8. The largest absolute Gasteiger partial charge is 0.386 e. The van der Waals surface area contributed by atoms with Gasteiger partial charge in [-0.25, -0.2) is 0 Å². The summed E-state index contributed by atoms with van der Waals surface area (Å²) in [6.07, 6.45) is 5.30. The maximum Gasteiger partial charge on any atom is 0.191 e. The summed E-state index contributed by atoms with van der Waals surface area (Å²) in [5.74, 6) is 0.735. The molecular weight excluding hydrogens is 477 g/mol. The summed E-state index contributed by atoms with van der Waals surface area (Å²) in [6, 6.07) is 8.17. The van der Waals surface area contributed by atoms with E-state index in [-0.39, 0.29) is 29.4 Å². The number of aryl methyl sites for hydroxylation is 2. The van der Waals surface area contributed by atoms with Crippen molar-refractivity contribution < 1.29 is 5.11 Å². The summed E-state index contributed by atoms with van der Waals surface area (Å²) in [5.41, 5.74) is 3.50. The Bertz CT molecular complexity index is 749. The van der Waals surface area contributed by atoms with Crippen molar-refractivity contribution in [3.05, 3.63) is 53.3 Å². The van der Waals surface area contributed by atoms with E-state index in [0.717, 1.165) is 37.5 Å². The van der Waals surface area contributed by atoms with Crippen molar-refractivity contribution in [2.45, 2.75) is 52.1 Å². The van der Waals surface area contributed by atoms with Crippen LogP contribution in [0.3, 0.4) is 0 Å². The first kappa shape index (κ1) is 25.4. The SMILES string of the molecule is CCNC(=NCC(O)c1ccc(C(C)(C)C)cc1)NCCCc1cnn(C)c1.I. The molecule has 162 valence electrons. The second-order valence-electron chi connectivity index (χ2n) is 8.16. The standard InChI is InChI=1S/C22H35N5O.HI/c1-6-23-21(24-13-7-8-17-14-26-27(5)16-17)25-15-20(28)18-9-11-19(12-10-18)22(2,3)4;/h9-12,14,16,20,28H,6-8,13,15H2,1-5H3,(H2,23,24,25);1H. The van der Waals surface area contributed by atoms with Crippen LogP contribution < -0.4 is 10.6 Å². The van der Waals surface area contributed by atoms with Gasteiger partial charge in [0.2, 0.25) is 0 Å². The van der Waals surface area contributed by atoms with E-state index < -0.39 is 6.10 Å². The molecule has 1 aromatic carbocycles. The van der Waals surface area contributed by atoms with Crippen LogP contribution >= 0.6 is 24.0 Å². The van der Waals surface area contributed by atoms with Crippen molar-refractivity contribution in [1.29, 1.82) is 0 Å². The van der Waals surface area contributed by atoms with E-state index in [9.17, 15) is 5.11 Å². The highest BCUT2D eigenvalue weighted by molar-refractivity contribution is 14.0. The monoisotopic (exact) mass is 513 g/mol. The summed E-state index contributed by atoms with van der Waals surface area (Å²) in [7, 11) is 1.93. The molecule has 0 bridgehead atoms. The van der Waals surface area contributed by atoms with Crippen molar-refractivity contribution in [2.75, 3.05) is 19.6 Å². The number of hydrogen-bond acceptors (Lipinski definition) is 3. The fourth-order valence-corrected chi connectivity index (χ4v) is 2.93. The van der Waals surface area contributed by atoms with Crippen molar-refractivity contribution in [3.8, 4) is 0 Å². The maximum atomic E-state index is 10.5. The number of nitrogens with zero attached hydrogens (tertiary/aromatic N) is 3. The summed E-state index contributed by atoms with van der Waals surface area (Å²) in [5, 5.41) is 21.2. The highest BCUT2D eigenvalue weighted by atomic mass is 127. The highest BCUT2D eigenvalue weighted by Gasteiger charge is 2.14. The van der Waals surface area contributed by atoms with Crippen molar-refractivity contribution in [2.24, 2.45) is 12.0 Å². The van der Waals surface area contributed by atoms with Crippen LogP contribution in [0.1, 0.15) is 56.9 Å². The zero-order valence-corrected chi connectivity index (χ0v) is 20.6. The third-order valence-corrected chi connectivity index (χ3v) is 4.62. The molecule has 0 aliphatic rings. The van der Waals surface area contributed by atoms with E-state index in [0.29, 0.717) is 6.54 Å².